The van der Waals surface area contributed by atoms with E-state index in [9.17, 15) is 44.3 Å². The van der Waals surface area contributed by atoms with Crippen molar-refractivity contribution in [3.63, 3.8) is 0 Å². The molecular weight excluding hydrogens is 524 g/mol. The second kappa shape index (κ2) is 16.7. The zero-order valence-electron chi connectivity index (χ0n) is 17.1. The zero-order chi connectivity index (χ0) is 24.9. The molecule has 0 aliphatic rings. The summed E-state index contributed by atoms with van der Waals surface area (Å²) >= 11 is 0. The van der Waals surface area contributed by atoms with E-state index >= 15 is 0 Å². The lowest BCUT2D eigenvalue weighted by Crippen LogP contribution is -2.44. The summed E-state index contributed by atoms with van der Waals surface area (Å²) in [6, 6.07) is 0. The number of ether oxygens (including phenoxy) is 2. The van der Waals surface area contributed by atoms with Gasteiger partial charge in [-0.1, -0.05) is 6.92 Å². The van der Waals surface area contributed by atoms with E-state index in [0.29, 0.717) is 0 Å². The van der Waals surface area contributed by atoms with E-state index in [0.717, 1.165) is 0 Å². The normalized spacial score (nSPS) is 15.4. The van der Waals surface area contributed by atoms with Gasteiger partial charge < -0.3 is 58.8 Å². The van der Waals surface area contributed by atoms with Crippen molar-refractivity contribution in [2.45, 2.75) is 63.3 Å². The average Bonchev–Trinajstić information content (AvgIpc) is 2.59. The number of hydrogen-bond acceptors (Lipinski definition) is 16. The summed E-state index contributed by atoms with van der Waals surface area (Å²) in [6.45, 7) is 1.20. The quantitative estimate of drug-likeness (QED) is 0.0717. The number of aliphatic hydroxyl groups excluding tert-OH is 2. The van der Waals surface area contributed by atoms with Crippen LogP contribution in [0.25, 0.3) is 0 Å². The van der Waals surface area contributed by atoms with Crippen molar-refractivity contribution < 1.29 is 76.9 Å². The van der Waals surface area contributed by atoms with Crippen LogP contribution in [0.2, 0.25) is 0 Å². The van der Waals surface area contributed by atoms with Crippen LogP contribution in [0.1, 0.15) is 39.5 Å². The van der Waals surface area contributed by atoms with Crippen LogP contribution in [0.15, 0.2) is 0 Å². The summed E-state index contributed by atoms with van der Waals surface area (Å²) in [4.78, 5) is 74.7. The Hall–Kier alpha value is 1.08. The molecule has 0 heterocycles. The molecule has 0 saturated carbocycles. The molecule has 0 spiro atoms. The molecule has 0 amide bonds. The highest BCUT2D eigenvalue weighted by Crippen LogP contribution is 2.49. The standard InChI is InChI=1S/C12H30O16P4/c1-3-11(25-29(15)16,26-30(17)18)5-10(24-8-14)6-12(27-31(19)20,28-32(21)22)4-9(2)23-7-13/h9-10,13-22H,3-8H2,1-2H3. The molecule has 0 aromatic carbocycles. The van der Waals surface area contributed by atoms with E-state index in [-0.39, 0.29) is 6.42 Å². The Labute approximate surface area is 188 Å². The number of aliphatic hydroxyl groups is 2. The van der Waals surface area contributed by atoms with Gasteiger partial charge in [0, 0.05) is 19.3 Å². The maximum Gasteiger partial charge on any atom is 0.329 e. The maximum atomic E-state index is 9.41. The van der Waals surface area contributed by atoms with Gasteiger partial charge in [0.25, 0.3) is 0 Å². The monoisotopic (exact) mass is 554 g/mol. The molecular formula is C12H30O16P4. The van der Waals surface area contributed by atoms with Crippen molar-refractivity contribution in [1.82, 2.24) is 0 Å². The van der Waals surface area contributed by atoms with Gasteiger partial charge in [-0.3, -0.25) is 18.1 Å². The highest BCUT2D eigenvalue weighted by atomic mass is 31.2. The first-order valence-corrected chi connectivity index (χ1v) is 13.4. The average molecular weight is 554 g/mol. The molecule has 10 N–H and O–H groups in total. The van der Waals surface area contributed by atoms with E-state index in [1.54, 1.807) is 0 Å². The molecule has 0 rings (SSSR count). The molecule has 16 nitrogen and oxygen atoms in total. The third-order valence-corrected chi connectivity index (χ3v) is 5.86. The van der Waals surface area contributed by atoms with Crippen molar-refractivity contribution in [3.05, 3.63) is 0 Å². The Balaban J connectivity index is 6.06. The maximum absolute atomic E-state index is 9.41. The second-order valence-corrected chi connectivity index (χ2v) is 8.94. The minimum atomic E-state index is -3.15. The van der Waals surface area contributed by atoms with E-state index < -0.39 is 91.0 Å². The van der Waals surface area contributed by atoms with Crippen LogP contribution >= 0.6 is 34.4 Å². The first-order chi connectivity index (χ1) is 14.8. The molecule has 0 aromatic heterocycles. The topological polar surface area (TPSA) is 258 Å². The molecule has 0 fully saturated rings. The lowest BCUT2D eigenvalue weighted by Gasteiger charge is -2.40. The van der Waals surface area contributed by atoms with Crippen LogP contribution < -0.4 is 0 Å². The fourth-order valence-corrected chi connectivity index (χ4v) is 4.98. The van der Waals surface area contributed by atoms with Gasteiger partial charge in [-0.15, -0.1) is 0 Å². The minimum absolute atomic E-state index is 0.184. The summed E-state index contributed by atoms with van der Waals surface area (Å²) in [5, 5.41) is 18.2. The Bertz CT molecular complexity index is 466. The van der Waals surface area contributed by atoms with Gasteiger partial charge in [0.2, 0.25) is 0 Å². The Morgan fingerprint density at radius 3 is 1.34 bits per heavy atom. The first-order valence-electron chi connectivity index (χ1n) is 8.75. The van der Waals surface area contributed by atoms with Crippen LogP contribution in [-0.4, -0.2) is 86.7 Å². The third kappa shape index (κ3) is 13.8. The van der Waals surface area contributed by atoms with Crippen LogP contribution in [-0.2, 0) is 27.6 Å². The van der Waals surface area contributed by atoms with E-state index in [1.165, 1.54) is 13.8 Å². The lowest BCUT2D eigenvalue weighted by atomic mass is 9.96. The van der Waals surface area contributed by atoms with E-state index in [1.807, 2.05) is 0 Å². The molecule has 0 aliphatic heterocycles. The third-order valence-electron chi connectivity index (χ3n) is 3.88. The molecule has 0 bridgehead atoms. The number of rotatable bonds is 19. The van der Waals surface area contributed by atoms with Crippen molar-refractivity contribution in [2.75, 3.05) is 13.6 Å². The molecule has 32 heavy (non-hydrogen) atoms. The summed E-state index contributed by atoms with van der Waals surface area (Å²) in [7, 11) is -12.4. The first kappa shape index (κ1) is 33.1. The predicted octanol–water partition coefficient (Wildman–Crippen LogP) is -0.438. The molecule has 194 valence electrons. The summed E-state index contributed by atoms with van der Waals surface area (Å²) in [6.07, 6.45) is -3.94. The molecule has 2 unspecified atom stereocenters. The SMILES string of the molecule is CCC(CC(CC(CC(C)OCO)(OP(O)O)OP(O)O)OCO)(OP(O)O)OP(O)O. The Kier molecular flexibility index (Phi) is 17.3. The van der Waals surface area contributed by atoms with E-state index in [4.69, 9.17) is 32.7 Å². The summed E-state index contributed by atoms with van der Waals surface area (Å²) in [5.74, 6) is -4.29. The smallest absolute Gasteiger partial charge is 0.329 e. The summed E-state index contributed by atoms with van der Waals surface area (Å²) in [5.41, 5.74) is 0. The van der Waals surface area contributed by atoms with E-state index in [2.05, 4.69) is 0 Å². The lowest BCUT2D eigenvalue weighted by molar-refractivity contribution is -0.208. The molecule has 0 aliphatic carbocycles. The molecule has 0 aromatic rings. The van der Waals surface area contributed by atoms with Crippen molar-refractivity contribution in [2.24, 2.45) is 0 Å². The van der Waals surface area contributed by atoms with Crippen LogP contribution in [0.5, 0.6) is 0 Å². The van der Waals surface area contributed by atoms with Gasteiger partial charge in [0.1, 0.15) is 13.6 Å². The van der Waals surface area contributed by atoms with Crippen molar-refractivity contribution >= 4 is 34.4 Å². The molecule has 2 atom stereocenters. The predicted molar refractivity (Wildman–Crippen MR) is 109 cm³/mol. The van der Waals surface area contributed by atoms with Gasteiger partial charge in [-0.2, -0.15) is 0 Å². The largest absolute Gasteiger partial charge is 0.371 e. The van der Waals surface area contributed by atoms with Crippen molar-refractivity contribution in [3.8, 4) is 0 Å². The second-order valence-electron chi connectivity index (χ2n) is 6.19. The highest BCUT2D eigenvalue weighted by molar-refractivity contribution is 7.40. The van der Waals surface area contributed by atoms with Gasteiger partial charge in [0.15, 0.2) is 11.6 Å². The highest BCUT2D eigenvalue weighted by Gasteiger charge is 2.46. The zero-order valence-corrected chi connectivity index (χ0v) is 20.7. The molecule has 20 heteroatoms. The fourth-order valence-electron chi connectivity index (χ4n) is 2.82. The van der Waals surface area contributed by atoms with Gasteiger partial charge in [-0.25, -0.2) is 0 Å². The van der Waals surface area contributed by atoms with Crippen molar-refractivity contribution in [1.29, 1.82) is 0 Å². The van der Waals surface area contributed by atoms with Crippen LogP contribution in [0, 0.1) is 0 Å². The minimum Gasteiger partial charge on any atom is -0.371 e. The summed E-state index contributed by atoms with van der Waals surface area (Å²) < 4.78 is 30.0. The molecule has 0 saturated heterocycles. The Morgan fingerprint density at radius 2 is 1.00 bits per heavy atom. The van der Waals surface area contributed by atoms with Crippen LogP contribution in [0.3, 0.4) is 0 Å². The van der Waals surface area contributed by atoms with Gasteiger partial charge in [-0.05, 0) is 13.3 Å². The van der Waals surface area contributed by atoms with Crippen LogP contribution in [0.4, 0.5) is 0 Å². The number of hydrogen-bond donors (Lipinski definition) is 10. The Morgan fingerprint density at radius 1 is 0.625 bits per heavy atom. The molecule has 0 radical (unpaired) electrons. The van der Waals surface area contributed by atoms with Gasteiger partial charge in [0.05, 0.1) is 12.2 Å². The van der Waals surface area contributed by atoms with Gasteiger partial charge >= 0.3 is 34.4 Å². The fraction of sp³-hybridized carbons (Fsp3) is 1.00.